The molecule has 0 bridgehead atoms. The fourth-order valence-electron chi connectivity index (χ4n) is 3.83. The molecule has 1 rings (SSSR count). The van der Waals surface area contributed by atoms with Crippen LogP contribution in [0.4, 0.5) is 0 Å². The molecule has 0 saturated heterocycles. The highest BCUT2D eigenvalue weighted by Crippen LogP contribution is 2.29. The summed E-state index contributed by atoms with van der Waals surface area (Å²) in [5, 5.41) is 3.57. The smallest absolute Gasteiger partial charge is 0.00923 e. The van der Waals surface area contributed by atoms with Crippen LogP contribution in [0.3, 0.4) is 0 Å². The van der Waals surface area contributed by atoms with Crippen molar-refractivity contribution < 1.29 is 0 Å². The Morgan fingerprint density at radius 3 is 1.80 bits per heavy atom. The van der Waals surface area contributed by atoms with E-state index < -0.39 is 0 Å². The fraction of sp³-hybridized carbons (Fsp3) is 1.00. The molecule has 1 N–H and O–H groups in total. The number of rotatable bonds is 13. The molecule has 20 heavy (non-hydrogen) atoms. The van der Waals surface area contributed by atoms with E-state index in [1.807, 2.05) is 0 Å². The van der Waals surface area contributed by atoms with Gasteiger partial charge in [0, 0.05) is 6.04 Å². The molecule has 1 saturated carbocycles. The van der Waals surface area contributed by atoms with Gasteiger partial charge in [-0.25, -0.2) is 0 Å². The van der Waals surface area contributed by atoms with Crippen LogP contribution in [0.5, 0.6) is 0 Å². The highest BCUT2D eigenvalue weighted by molar-refractivity contribution is 4.79. The topological polar surface area (TPSA) is 12.0 Å². The minimum absolute atomic E-state index is 0.812. The third-order valence-electron chi connectivity index (χ3n) is 5.21. The quantitative estimate of drug-likeness (QED) is 0.404. The van der Waals surface area contributed by atoms with Gasteiger partial charge in [-0.15, -0.1) is 0 Å². The van der Waals surface area contributed by atoms with Crippen LogP contribution in [-0.4, -0.2) is 13.1 Å². The van der Waals surface area contributed by atoms with E-state index in [9.17, 15) is 0 Å². The van der Waals surface area contributed by atoms with Gasteiger partial charge in [-0.3, -0.25) is 0 Å². The van der Waals surface area contributed by atoms with E-state index in [-0.39, 0.29) is 0 Å². The third-order valence-corrected chi connectivity index (χ3v) is 5.21. The van der Waals surface area contributed by atoms with Crippen LogP contribution in [-0.2, 0) is 0 Å². The molecule has 0 aromatic carbocycles. The van der Waals surface area contributed by atoms with Crippen LogP contribution in [0.25, 0.3) is 0 Å². The number of unbranched alkanes of at least 4 members (excludes halogenated alkanes) is 9. The van der Waals surface area contributed by atoms with E-state index >= 15 is 0 Å². The molecule has 0 radical (unpaired) electrons. The Labute approximate surface area is 128 Å². The highest BCUT2D eigenvalue weighted by atomic mass is 14.9. The van der Waals surface area contributed by atoms with Crippen molar-refractivity contribution in [2.45, 2.75) is 109 Å². The number of nitrogens with one attached hydrogen (secondary N) is 1. The second kappa shape index (κ2) is 12.7. The first-order valence-corrected chi connectivity index (χ1v) is 9.55. The first-order chi connectivity index (χ1) is 9.88. The lowest BCUT2D eigenvalue weighted by Gasteiger charge is -2.22. The van der Waals surface area contributed by atoms with Gasteiger partial charge in [-0.1, -0.05) is 84.0 Å². The predicted molar refractivity (Wildman–Crippen MR) is 91.3 cm³/mol. The molecular formula is C19H39N. The molecule has 1 heteroatoms. The van der Waals surface area contributed by atoms with E-state index in [1.54, 1.807) is 0 Å². The van der Waals surface area contributed by atoms with Crippen LogP contribution in [0.1, 0.15) is 103 Å². The Bertz CT molecular complexity index is 196. The van der Waals surface area contributed by atoms with Crippen LogP contribution in [0.15, 0.2) is 0 Å². The maximum atomic E-state index is 3.57. The fourth-order valence-corrected chi connectivity index (χ4v) is 3.83. The van der Waals surface area contributed by atoms with Crippen molar-refractivity contribution in [3.05, 3.63) is 0 Å². The molecule has 1 aliphatic rings. The summed E-state index contributed by atoms with van der Waals surface area (Å²) in [5.74, 6) is 0.985. The van der Waals surface area contributed by atoms with E-state index in [0.717, 1.165) is 12.0 Å². The average molecular weight is 282 g/mol. The molecule has 0 aromatic heterocycles. The number of hydrogen-bond donors (Lipinski definition) is 1. The minimum atomic E-state index is 0.812. The zero-order valence-corrected chi connectivity index (χ0v) is 14.3. The van der Waals surface area contributed by atoms with Crippen LogP contribution in [0.2, 0.25) is 0 Å². The molecule has 1 nitrogen and oxygen atoms in total. The molecule has 0 amide bonds. The molecule has 0 heterocycles. The van der Waals surface area contributed by atoms with Gasteiger partial charge in [-0.2, -0.15) is 0 Å². The second-order valence-electron chi connectivity index (χ2n) is 6.91. The van der Waals surface area contributed by atoms with E-state index in [2.05, 4.69) is 19.3 Å². The van der Waals surface area contributed by atoms with Gasteiger partial charge in [0.05, 0.1) is 0 Å². The molecule has 1 atom stereocenters. The Hall–Kier alpha value is -0.0400. The van der Waals surface area contributed by atoms with Gasteiger partial charge in [0.1, 0.15) is 0 Å². The van der Waals surface area contributed by atoms with Gasteiger partial charge in [-0.05, 0) is 32.2 Å². The first kappa shape index (κ1) is 18.0. The van der Waals surface area contributed by atoms with Crippen LogP contribution in [0, 0.1) is 5.92 Å². The monoisotopic (exact) mass is 281 g/mol. The van der Waals surface area contributed by atoms with Gasteiger partial charge in [0.2, 0.25) is 0 Å². The van der Waals surface area contributed by atoms with E-state index in [1.165, 1.54) is 96.3 Å². The SMILES string of the molecule is CCCCCCCCCCCCC(NC)C1CCCC1. The summed E-state index contributed by atoms with van der Waals surface area (Å²) in [5.41, 5.74) is 0. The normalized spacial score (nSPS) is 17.7. The highest BCUT2D eigenvalue weighted by Gasteiger charge is 2.22. The summed E-state index contributed by atoms with van der Waals surface area (Å²) < 4.78 is 0. The lowest BCUT2D eigenvalue weighted by molar-refractivity contribution is 0.348. The average Bonchev–Trinajstić information content (AvgIpc) is 2.99. The molecule has 1 fully saturated rings. The first-order valence-electron chi connectivity index (χ1n) is 9.55. The summed E-state index contributed by atoms with van der Waals surface area (Å²) in [6, 6.07) is 0.812. The zero-order valence-electron chi connectivity index (χ0n) is 14.3. The van der Waals surface area contributed by atoms with Crippen LogP contribution >= 0.6 is 0 Å². The molecule has 1 aliphatic carbocycles. The Morgan fingerprint density at radius 2 is 1.30 bits per heavy atom. The predicted octanol–water partition coefficient (Wildman–Crippen LogP) is 6.08. The van der Waals surface area contributed by atoms with E-state index in [4.69, 9.17) is 0 Å². The van der Waals surface area contributed by atoms with Crippen molar-refractivity contribution in [2.75, 3.05) is 7.05 Å². The molecular weight excluding hydrogens is 242 g/mol. The lowest BCUT2D eigenvalue weighted by Crippen LogP contribution is -2.32. The van der Waals surface area contributed by atoms with E-state index in [0.29, 0.717) is 0 Å². The van der Waals surface area contributed by atoms with Gasteiger partial charge in [0.15, 0.2) is 0 Å². The molecule has 0 aromatic rings. The maximum absolute atomic E-state index is 3.57. The third kappa shape index (κ3) is 8.29. The largest absolute Gasteiger partial charge is 0.317 e. The van der Waals surface area contributed by atoms with Gasteiger partial charge >= 0.3 is 0 Å². The number of hydrogen-bond acceptors (Lipinski definition) is 1. The molecule has 120 valence electrons. The summed E-state index contributed by atoms with van der Waals surface area (Å²) in [4.78, 5) is 0. The summed E-state index contributed by atoms with van der Waals surface area (Å²) in [6.07, 6.45) is 21.8. The molecule has 1 unspecified atom stereocenters. The van der Waals surface area contributed by atoms with Gasteiger partial charge in [0.25, 0.3) is 0 Å². The maximum Gasteiger partial charge on any atom is 0.00923 e. The molecule has 0 spiro atoms. The van der Waals surface area contributed by atoms with Crippen molar-refractivity contribution >= 4 is 0 Å². The zero-order chi connectivity index (χ0) is 14.5. The molecule has 0 aliphatic heterocycles. The summed E-state index contributed by atoms with van der Waals surface area (Å²) in [7, 11) is 2.17. The lowest BCUT2D eigenvalue weighted by atomic mass is 9.93. The van der Waals surface area contributed by atoms with Crippen molar-refractivity contribution in [3.63, 3.8) is 0 Å². The van der Waals surface area contributed by atoms with Crippen molar-refractivity contribution in [3.8, 4) is 0 Å². The standard InChI is InChI=1S/C19H39N/c1-3-4-5-6-7-8-9-10-11-12-17-19(20-2)18-15-13-14-16-18/h18-20H,3-17H2,1-2H3. The Balaban J connectivity index is 1.85. The van der Waals surface area contributed by atoms with Gasteiger partial charge < -0.3 is 5.32 Å². The second-order valence-corrected chi connectivity index (χ2v) is 6.91. The summed E-state index contributed by atoms with van der Waals surface area (Å²) >= 11 is 0. The Kier molecular flexibility index (Phi) is 11.4. The summed E-state index contributed by atoms with van der Waals surface area (Å²) in [6.45, 7) is 2.30. The minimum Gasteiger partial charge on any atom is -0.317 e. The van der Waals surface area contributed by atoms with Crippen molar-refractivity contribution in [2.24, 2.45) is 5.92 Å². The van der Waals surface area contributed by atoms with Crippen molar-refractivity contribution in [1.82, 2.24) is 5.32 Å². The van der Waals surface area contributed by atoms with Crippen molar-refractivity contribution in [1.29, 1.82) is 0 Å². The van der Waals surface area contributed by atoms with Crippen LogP contribution < -0.4 is 5.32 Å². The Morgan fingerprint density at radius 1 is 0.800 bits per heavy atom.